The number of esters is 3. The minimum Gasteiger partial charge on any atom is -0.508 e. The summed E-state index contributed by atoms with van der Waals surface area (Å²) in [5, 5.41) is 284. The zero-order valence-corrected chi connectivity index (χ0v) is 71.8. The Kier molecular flexibility index (Phi) is 35.6. The Morgan fingerprint density at radius 1 is 0.329 bits per heavy atom. The highest BCUT2D eigenvalue weighted by Gasteiger charge is 2.56. The van der Waals surface area contributed by atoms with E-state index in [2.05, 4.69) is 0 Å². The first-order valence-corrected chi connectivity index (χ1v) is 42.6. The smallest absolute Gasteiger partial charge is 0.402 e. The molecule has 27 N–H and O–H groups in total. The van der Waals surface area contributed by atoms with Gasteiger partial charge in [-0.25, -0.2) is 23.2 Å². The maximum atomic E-state index is 12.9. The van der Waals surface area contributed by atoms with E-state index >= 15 is 0 Å². The lowest BCUT2D eigenvalue weighted by atomic mass is 9.97. The number of aliphatic hydroxyl groups is 19. The molecule has 760 valence electrons. The summed E-state index contributed by atoms with van der Waals surface area (Å²) in [4.78, 5) is 38.4. The van der Waals surface area contributed by atoms with E-state index in [1.54, 1.807) is 0 Å². The summed E-state index contributed by atoms with van der Waals surface area (Å²) in [6.45, 7) is -4.65. The van der Waals surface area contributed by atoms with Crippen molar-refractivity contribution in [2.45, 2.75) is 212 Å². The summed E-state index contributed by atoms with van der Waals surface area (Å²) in [6, 6.07) is 31.8. The number of rotatable bonds is 27. The van der Waals surface area contributed by atoms with Gasteiger partial charge >= 0.3 is 40.6 Å². The van der Waals surface area contributed by atoms with Crippen LogP contribution in [0.5, 0.6) is 69.0 Å². The van der Waals surface area contributed by atoms with E-state index in [0.717, 1.165) is 24.3 Å². The van der Waals surface area contributed by atoms with E-state index in [4.69, 9.17) is 79.9 Å². The first kappa shape index (κ1) is 107. The highest BCUT2D eigenvalue weighted by atomic mass is 16.8. The van der Waals surface area contributed by atoms with Crippen molar-refractivity contribution in [3.63, 3.8) is 0 Å². The van der Waals surface area contributed by atoms with E-state index in [1.165, 1.54) is 140 Å². The summed E-state index contributed by atoms with van der Waals surface area (Å²) in [5.41, 5.74) is 0.576. The Morgan fingerprint density at radius 3 is 1.06 bits per heavy atom. The van der Waals surface area contributed by atoms with Crippen LogP contribution in [0.4, 0.5) is 0 Å². The van der Waals surface area contributed by atoms with Crippen LogP contribution in [0.2, 0.25) is 0 Å². The summed E-state index contributed by atoms with van der Waals surface area (Å²) < 4.78 is 100. The Morgan fingerprint density at radius 2 is 0.671 bits per heavy atom. The van der Waals surface area contributed by atoms with Gasteiger partial charge in [0.25, 0.3) is 0 Å². The van der Waals surface area contributed by atoms with Gasteiger partial charge in [0, 0.05) is 43.2 Å². The molecular formula is C93H108O47+2. The fourth-order valence-corrected chi connectivity index (χ4v) is 15.5. The number of hydrogen-bond donors (Lipinski definition) is 27. The summed E-state index contributed by atoms with van der Waals surface area (Å²) >= 11 is 0. The molecule has 47 heteroatoms. The standard InChI is InChI=1S/C50H52O25.C41H46O22.2CH4/c51-18-34-40(60)39(59)30(57)17-38(70-34)69-31-14-26(54)15-32-27(31)16-33(46(71-32)22-3-7-24(52)8-4-22)72-50-47(44(64)42(62)35(74-50)19-67-37(58)12-2-21-1-11-28(55)29(56)13-21)75-49-45(65)43(63)41(61)36(73-49)20-68-48(66)23-5-9-25(53)10-6-23;42-13-26-31(49)30(48)22(47)12-29(58-26)57-23-9-20(46)10-24-21(23)11-25(37(59-24)16-1-5-18(44)6-2-16)60-41-38(35(53)32(50)27(14-43)61-41)63-40-36(54)34(52)33(51)28(62-40)15-56-39(55)17-3-7-19(45)8-4-17;;/h1-16,30,34-36,38-45,47,49-51,57,59-65H,17-20H2,(H4-,52,53,54,55,56,58,66);1-11,22,26-36,38,40-43,47-54H,12-15H2,(H2-,44,45,46,55);2*1H4/p+2. The number of phenols is 8. The van der Waals surface area contributed by atoms with Gasteiger partial charge in [-0.15, -0.1) is 0 Å². The number of carbonyl (C=O) groups excluding carboxylic acids is 3. The van der Waals surface area contributed by atoms with E-state index in [-0.39, 0.29) is 122 Å². The number of phenolic OH excluding ortho intramolecular Hbond substituents is 8. The molecule has 6 fully saturated rings. The lowest BCUT2D eigenvalue weighted by molar-refractivity contribution is -0.357. The number of ether oxygens (including phenoxy) is 15. The molecule has 30 unspecified atom stereocenters. The maximum absolute atomic E-state index is 12.9. The second kappa shape index (κ2) is 46.6. The van der Waals surface area contributed by atoms with Gasteiger partial charge in [-0.05, 0) is 121 Å². The third-order valence-electron chi connectivity index (χ3n) is 23.1. The van der Waals surface area contributed by atoms with E-state index in [0.29, 0.717) is 0 Å². The monoisotopic (exact) mass is 1980 g/mol. The van der Waals surface area contributed by atoms with Crippen LogP contribution in [-0.4, -0.2) is 380 Å². The van der Waals surface area contributed by atoms with E-state index in [1.807, 2.05) is 0 Å². The molecule has 8 heterocycles. The molecule has 0 bridgehead atoms. The largest absolute Gasteiger partial charge is 0.508 e. The lowest BCUT2D eigenvalue weighted by Gasteiger charge is -2.45. The fourth-order valence-electron chi connectivity index (χ4n) is 15.5. The van der Waals surface area contributed by atoms with Gasteiger partial charge in [0.05, 0.1) is 66.4 Å². The molecule has 6 saturated heterocycles. The molecule has 9 aromatic rings. The normalized spacial score (nSPS) is 31.3. The van der Waals surface area contributed by atoms with Crippen molar-refractivity contribution in [1.29, 1.82) is 0 Å². The average Bonchev–Trinajstić information content (AvgIpc) is 0.872. The van der Waals surface area contributed by atoms with E-state index < -0.39 is 278 Å². The molecule has 0 aliphatic carbocycles. The van der Waals surface area contributed by atoms with Crippen LogP contribution in [0.3, 0.4) is 0 Å². The Balaban J connectivity index is 0.000000251. The zero-order valence-electron chi connectivity index (χ0n) is 71.8. The SMILES string of the molecule is C.C.O=C(/C=C/c1ccc(O)c(O)c1)OCC1OC(Oc2cc3c(OC4CC(O)C(O)C(O)C(CO)O4)cc(O)cc3[o+]c2-c2ccc(O)cc2)C(OC2OC(COC(=O)c3ccc(O)cc3)C(O)C(O)C2O)C(O)C1O.O=C(OCC1OC(OC2C(Oc3cc4c(OC5CC(O)C(O)C(O)C(CO)O5)cc(O)cc4[o+]c3-c3ccc(O)cc3)OC(CO)C(O)C2O)C(O)C(O)C1O)c1ccc(O)cc1. The number of benzene rings is 7. The Bertz CT molecular complexity index is 5660. The van der Waals surface area contributed by atoms with Gasteiger partial charge in [-0.2, -0.15) is 0 Å². The molecule has 0 radical (unpaired) electrons. The molecule has 6 aliphatic rings. The Hall–Kier alpha value is -12.0. The van der Waals surface area contributed by atoms with Crippen molar-refractivity contribution >= 4 is 45.9 Å². The molecule has 7 aromatic carbocycles. The molecule has 140 heavy (non-hydrogen) atoms. The lowest BCUT2D eigenvalue weighted by Crippen LogP contribution is -2.65. The van der Waals surface area contributed by atoms with Crippen LogP contribution in [0.1, 0.15) is 54.0 Å². The molecule has 15 rings (SSSR count). The number of hydrogen-bond acceptors (Lipinski definition) is 45. The molecule has 0 spiro atoms. The first-order valence-electron chi connectivity index (χ1n) is 42.6. The van der Waals surface area contributed by atoms with Crippen LogP contribution in [-0.2, 0) is 56.9 Å². The van der Waals surface area contributed by atoms with Crippen LogP contribution >= 0.6 is 0 Å². The van der Waals surface area contributed by atoms with Gasteiger partial charge in [-0.3, -0.25) is 0 Å². The third kappa shape index (κ3) is 24.6. The van der Waals surface area contributed by atoms with Crippen LogP contribution in [0.15, 0.2) is 167 Å². The second-order valence-corrected chi connectivity index (χ2v) is 32.8. The minimum absolute atomic E-state index is 0. The van der Waals surface area contributed by atoms with Gasteiger partial charge in [0.1, 0.15) is 199 Å². The quantitative estimate of drug-likeness (QED) is 0.00947. The predicted octanol–water partition coefficient (Wildman–Crippen LogP) is -1.18. The first-order chi connectivity index (χ1) is 65.8. The van der Waals surface area contributed by atoms with Crippen LogP contribution < -0.4 is 18.9 Å². The average molecular weight is 1980 g/mol. The topological polar surface area (TPSA) is 758 Å². The number of fused-ring (bicyclic) bond motifs is 2. The van der Waals surface area contributed by atoms with Gasteiger partial charge in [-0.1, -0.05) is 20.9 Å². The number of carbonyl (C=O) groups is 3. The highest BCUT2D eigenvalue weighted by molar-refractivity contribution is 5.92. The van der Waals surface area contributed by atoms with Crippen LogP contribution in [0, 0.1) is 0 Å². The van der Waals surface area contributed by atoms with E-state index in [9.17, 15) is 152 Å². The van der Waals surface area contributed by atoms with Gasteiger partial charge in [0.2, 0.25) is 36.7 Å². The zero-order chi connectivity index (χ0) is 99.1. The van der Waals surface area contributed by atoms with Crippen molar-refractivity contribution in [2.24, 2.45) is 0 Å². The van der Waals surface area contributed by atoms with Crippen molar-refractivity contribution in [3.8, 4) is 91.6 Å². The molecule has 0 amide bonds. The molecule has 47 nitrogen and oxygen atoms in total. The van der Waals surface area contributed by atoms with Gasteiger partial charge in [0.15, 0.2) is 36.3 Å². The number of aromatic hydroxyl groups is 8. The van der Waals surface area contributed by atoms with Crippen molar-refractivity contribution in [1.82, 2.24) is 0 Å². The molecular weight excluding hydrogens is 1870 g/mol. The predicted molar refractivity (Wildman–Crippen MR) is 470 cm³/mol. The summed E-state index contributed by atoms with van der Waals surface area (Å²) in [7, 11) is 0. The third-order valence-corrected chi connectivity index (χ3v) is 23.1. The summed E-state index contributed by atoms with van der Waals surface area (Å²) in [6.07, 6.45) is -52.4. The van der Waals surface area contributed by atoms with Crippen LogP contribution in [0.25, 0.3) is 50.7 Å². The molecule has 30 atom stereocenters. The fraction of sp³-hybridized carbons (Fsp3) is 0.430. The highest BCUT2D eigenvalue weighted by Crippen LogP contribution is 2.47. The second-order valence-electron chi connectivity index (χ2n) is 32.8. The number of aliphatic hydroxyl groups excluding tert-OH is 19. The summed E-state index contributed by atoms with van der Waals surface area (Å²) in [5.74, 6) is -6.35. The molecule has 6 aliphatic heterocycles. The Labute approximate surface area is 792 Å². The molecule has 2 aromatic heterocycles. The van der Waals surface area contributed by atoms with Gasteiger partial charge < -0.3 is 209 Å². The van der Waals surface area contributed by atoms with Crippen molar-refractivity contribution < 1.29 is 232 Å². The van der Waals surface area contributed by atoms with Crippen molar-refractivity contribution in [3.05, 3.63) is 174 Å². The molecule has 0 saturated carbocycles. The van der Waals surface area contributed by atoms with Crippen molar-refractivity contribution in [2.75, 3.05) is 39.6 Å². The minimum atomic E-state index is -2.12. The maximum Gasteiger partial charge on any atom is 0.402 e.